The van der Waals surface area contributed by atoms with E-state index in [1.165, 1.54) is 0 Å². The molecule has 0 spiro atoms. The van der Waals surface area contributed by atoms with E-state index in [1.807, 2.05) is 36.4 Å². The Hall–Kier alpha value is -3.26. The van der Waals surface area contributed by atoms with Crippen molar-refractivity contribution in [2.45, 2.75) is 12.8 Å². The maximum atomic E-state index is 12.2. The molecule has 0 unspecified atom stereocenters. The first-order chi connectivity index (χ1) is 12.6. The summed E-state index contributed by atoms with van der Waals surface area (Å²) in [7, 11) is 0. The van der Waals surface area contributed by atoms with Crippen molar-refractivity contribution in [2.24, 2.45) is 0 Å². The van der Waals surface area contributed by atoms with Crippen molar-refractivity contribution in [2.75, 3.05) is 5.32 Å². The lowest BCUT2D eigenvalue weighted by atomic mass is 10.1. The van der Waals surface area contributed by atoms with Gasteiger partial charge in [-0.1, -0.05) is 18.2 Å². The maximum Gasteiger partial charge on any atom is 0.273 e. The predicted molar refractivity (Wildman–Crippen MR) is 101 cm³/mol. The fourth-order valence-corrected chi connectivity index (χ4v) is 2.94. The molecule has 0 aliphatic rings. The number of aromatic nitrogens is 3. The molecule has 3 N–H and O–H groups in total. The Morgan fingerprint density at radius 3 is 2.81 bits per heavy atom. The highest BCUT2D eigenvalue weighted by Crippen LogP contribution is 2.30. The van der Waals surface area contributed by atoms with Gasteiger partial charge in [0.2, 0.25) is 5.91 Å². The summed E-state index contributed by atoms with van der Waals surface area (Å²) >= 11 is 4.79. The molecule has 4 rings (SSSR count). The molecule has 0 bridgehead atoms. The Morgan fingerprint density at radius 2 is 1.96 bits per heavy atom. The third-order valence-corrected chi connectivity index (χ3v) is 4.22. The Morgan fingerprint density at radius 1 is 1.15 bits per heavy atom. The van der Waals surface area contributed by atoms with Crippen molar-refractivity contribution >= 4 is 45.8 Å². The number of hydrogen-bond acceptors (Lipinski definition) is 5. The third-order valence-electron chi connectivity index (χ3n) is 4.03. The van der Waals surface area contributed by atoms with Crippen LogP contribution < -0.4 is 10.9 Å². The fourth-order valence-electron chi connectivity index (χ4n) is 2.80. The van der Waals surface area contributed by atoms with Crippen LogP contribution in [0.25, 0.3) is 21.9 Å². The van der Waals surface area contributed by atoms with Crippen molar-refractivity contribution < 1.29 is 9.21 Å². The minimum absolute atomic E-state index is 0.130. The molecular weight excluding hydrogens is 352 g/mol. The zero-order chi connectivity index (χ0) is 18.1. The quantitative estimate of drug-likeness (QED) is 0.481. The summed E-state index contributed by atoms with van der Waals surface area (Å²) < 4.78 is 5.93. The predicted octanol–water partition coefficient (Wildman–Crippen LogP) is 3.30. The summed E-state index contributed by atoms with van der Waals surface area (Å²) in [5.41, 5.74) is 2.10. The van der Waals surface area contributed by atoms with Gasteiger partial charge in [0.1, 0.15) is 16.9 Å². The lowest BCUT2D eigenvalue weighted by Crippen LogP contribution is -2.19. The molecule has 0 saturated carbocycles. The first kappa shape index (κ1) is 16.2. The first-order valence-electron chi connectivity index (χ1n) is 7.99. The number of aromatic amines is 2. The number of carbonyl (C=O) groups is 1. The SMILES string of the molecule is O=C(CCc1n[nH]c(=S)[nH]c1=O)Nc1ccc2oc3ccccc3c2c1. The summed E-state index contributed by atoms with van der Waals surface area (Å²) in [6, 6.07) is 13.2. The lowest BCUT2D eigenvalue weighted by Gasteiger charge is -2.05. The highest BCUT2D eigenvalue weighted by atomic mass is 32.1. The Bertz CT molecular complexity index is 1240. The van der Waals surface area contributed by atoms with Crippen molar-refractivity contribution in [1.82, 2.24) is 15.2 Å². The van der Waals surface area contributed by atoms with Crippen molar-refractivity contribution in [3.05, 3.63) is 63.3 Å². The van der Waals surface area contributed by atoms with Crippen LogP contribution in [0.15, 0.2) is 51.7 Å². The molecule has 1 amide bonds. The molecule has 8 heteroatoms. The molecule has 0 aliphatic carbocycles. The largest absolute Gasteiger partial charge is 0.456 e. The van der Waals surface area contributed by atoms with Gasteiger partial charge in [-0.2, -0.15) is 5.10 Å². The molecule has 0 atom stereocenters. The van der Waals surface area contributed by atoms with Gasteiger partial charge < -0.3 is 9.73 Å². The second-order valence-electron chi connectivity index (χ2n) is 5.81. The first-order valence-corrected chi connectivity index (χ1v) is 8.40. The van der Waals surface area contributed by atoms with E-state index in [4.69, 9.17) is 16.6 Å². The van der Waals surface area contributed by atoms with E-state index in [0.717, 1.165) is 21.9 Å². The van der Waals surface area contributed by atoms with Gasteiger partial charge in [0.25, 0.3) is 5.56 Å². The van der Waals surface area contributed by atoms with Crippen molar-refractivity contribution in [1.29, 1.82) is 0 Å². The van der Waals surface area contributed by atoms with Gasteiger partial charge in [-0.3, -0.25) is 19.7 Å². The number of furan rings is 1. The van der Waals surface area contributed by atoms with Crippen LogP contribution in [0.2, 0.25) is 0 Å². The normalized spacial score (nSPS) is 11.1. The van der Waals surface area contributed by atoms with E-state index >= 15 is 0 Å². The van der Waals surface area contributed by atoms with E-state index in [-0.39, 0.29) is 34.8 Å². The van der Waals surface area contributed by atoms with Gasteiger partial charge >= 0.3 is 0 Å². The van der Waals surface area contributed by atoms with Gasteiger partial charge in [-0.05, 0) is 36.5 Å². The van der Waals surface area contributed by atoms with Crippen LogP contribution in [0.4, 0.5) is 5.69 Å². The standard InChI is InChI=1S/C18H14N4O3S/c23-16(8-6-13-17(24)20-18(26)22-21-13)19-10-5-7-15-12(9-10)11-3-1-2-4-14(11)25-15/h1-5,7,9H,6,8H2,(H,19,23)(H2,20,22,24,26). The zero-order valence-corrected chi connectivity index (χ0v) is 14.4. The van der Waals surface area contributed by atoms with Crippen LogP contribution in [-0.4, -0.2) is 21.1 Å². The molecule has 4 aromatic rings. The van der Waals surface area contributed by atoms with Crippen LogP contribution in [-0.2, 0) is 11.2 Å². The monoisotopic (exact) mass is 366 g/mol. The molecule has 2 aromatic carbocycles. The average molecular weight is 366 g/mol. The number of hydrogen-bond donors (Lipinski definition) is 3. The molecule has 0 radical (unpaired) electrons. The van der Waals surface area contributed by atoms with E-state index in [0.29, 0.717) is 5.69 Å². The number of anilines is 1. The van der Waals surface area contributed by atoms with E-state index < -0.39 is 0 Å². The second-order valence-corrected chi connectivity index (χ2v) is 6.22. The van der Waals surface area contributed by atoms with E-state index in [2.05, 4.69) is 20.5 Å². The van der Waals surface area contributed by atoms with Crippen LogP contribution in [0.1, 0.15) is 12.1 Å². The number of benzene rings is 2. The molecule has 0 aliphatic heterocycles. The fraction of sp³-hybridized carbons (Fsp3) is 0.111. The van der Waals surface area contributed by atoms with Crippen LogP contribution >= 0.6 is 12.2 Å². The molecule has 0 saturated heterocycles. The number of para-hydroxylation sites is 1. The summed E-state index contributed by atoms with van der Waals surface area (Å²) in [6.45, 7) is 0. The van der Waals surface area contributed by atoms with Crippen LogP contribution in [0.3, 0.4) is 0 Å². The van der Waals surface area contributed by atoms with E-state index in [9.17, 15) is 9.59 Å². The molecular formula is C18H14N4O3S. The number of amides is 1. The molecule has 130 valence electrons. The molecule has 2 aromatic heterocycles. The van der Waals surface area contributed by atoms with Gasteiger partial charge in [0.15, 0.2) is 4.77 Å². The summed E-state index contributed by atoms with van der Waals surface area (Å²) in [5, 5.41) is 11.1. The molecule has 2 heterocycles. The molecule has 0 fully saturated rings. The average Bonchev–Trinajstić information content (AvgIpc) is 2.99. The number of nitrogens with zero attached hydrogens (tertiary/aromatic N) is 1. The van der Waals surface area contributed by atoms with Gasteiger partial charge in [-0.25, -0.2) is 0 Å². The zero-order valence-electron chi connectivity index (χ0n) is 13.5. The Kier molecular flexibility index (Phi) is 4.10. The summed E-state index contributed by atoms with van der Waals surface area (Å²) in [4.78, 5) is 26.3. The molecule has 26 heavy (non-hydrogen) atoms. The third kappa shape index (κ3) is 3.14. The minimum atomic E-state index is -0.382. The maximum absolute atomic E-state index is 12.2. The van der Waals surface area contributed by atoms with Crippen molar-refractivity contribution in [3.63, 3.8) is 0 Å². The van der Waals surface area contributed by atoms with Gasteiger partial charge in [-0.15, -0.1) is 0 Å². The summed E-state index contributed by atoms with van der Waals surface area (Å²) in [5.74, 6) is -0.208. The van der Waals surface area contributed by atoms with Crippen LogP contribution in [0, 0.1) is 4.77 Å². The second kappa shape index (κ2) is 6.57. The van der Waals surface area contributed by atoms with Gasteiger partial charge in [0.05, 0.1) is 0 Å². The Labute approximate surface area is 152 Å². The number of fused-ring (bicyclic) bond motifs is 3. The number of H-pyrrole nitrogens is 2. The number of nitrogens with one attached hydrogen (secondary N) is 3. The Balaban J connectivity index is 1.51. The highest BCUT2D eigenvalue weighted by molar-refractivity contribution is 7.71. The summed E-state index contributed by atoms with van der Waals surface area (Å²) in [6.07, 6.45) is 0.342. The van der Waals surface area contributed by atoms with Crippen molar-refractivity contribution in [3.8, 4) is 0 Å². The number of rotatable bonds is 4. The van der Waals surface area contributed by atoms with Crippen LogP contribution in [0.5, 0.6) is 0 Å². The smallest absolute Gasteiger partial charge is 0.273 e. The minimum Gasteiger partial charge on any atom is -0.456 e. The van der Waals surface area contributed by atoms with E-state index in [1.54, 1.807) is 6.07 Å². The topological polar surface area (TPSA) is 104 Å². The number of aryl methyl sites for hydroxylation is 1. The number of carbonyl (C=O) groups excluding carboxylic acids is 1. The highest BCUT2D eigenvalue weighted by Gasteiger charge is 2.10. The van der Waals surface area contributed by atoms with Gasteiger partial charge in [0, 0.05) is 29.3 Å². The molecule has 7 nitrogen and oxygen atoms in total. The lowest BCUT2D eigenvalue weighted by molar-refractivity contribution is -0.116.